The van der Waals surface area contributed by atoms with Crippen molar-refractivity contribution >= 4 is 15.9 Å². The Morgan fingerprint density at radius 2 is 1.95 bits per heavy atom. The van der Waals surface area contributed by atoms with Crippen LogP contribution in [0, 0.1) is 0 Å². The van der Waals surface area contributed by atoms with E-state index in [2.05, 4.69) is 64.6 Å². The van der Waals surface area contributed by atoms with Gasteiger partial charge in [-0.25, -0.2) is 0 Å². The molecule has 0 saturated carbocycles. The second-order valence-electron chi connectivity index (χ2n) is 5.46. The average Bonchev–Trinajstić information content (AvgIpc) is 2.54. The second-order valence-corrected chi connectivity index (χ2v) is 6.38. The zero-order valence-electron chi connectivity index (χ0n) is 12.4. The van der Waals surface area contributed by atoms with E-state index in [0.29, 0.717) is 6.04 Å². The van der Waals surface area contributed by atoms with Crippen LogP contribution in [0.5, 0.6) is 5.75 Å². The van der Waals surface area contributed by atoms with Crippen LogP contribution in [0.25, 0.3) is 0 Å². The zero-order chi connectivity index (χ0) is 14.8. The monoisotopic (exact) mass is 345 g/mol. The molecule has 1 aliphatic rings. The van der Waals surface area contributed by atoms with Gasteiger partial charge >= 0.3 is 0 Å². The minimum Gasteiger partial charge on any atom is -0.485 e. The number of aryl methyl sites for hydroxylation is 1. The Labute approximate surface area is 134 Å². The molecule has 2 nitrogen and oxygen atoms in total. The van der Waals surface area contributed by atoms with E-state index in [0.717, 1.165) is 23.1 Å². The number of rotatable bonds is 3. The highest BCUT2D eigenvalue weighted by Gasteiger charge is 2.28. The minimum atomic E-state index is 0.113. The van der Waals surface area contributed by atoms with Gasteiger partial charge in [-0.2, -0.15) is 0 Å². The molecular weight excluding hydrogens is 326 g/mol. The van der Waals surface area contributed by atoms with Crippen molar-refractivity contribution in [2.75, 3.05) is 7.05 Å². The molecule has 0 amide bonds. The lowest BCUT2D eigenvalue weighted by Crippen LogP contribution is -2.26. The molecular formula is C18H20BrNO. The van der Waals surface area contributed by atoms with Crippen LogP contribution in [0.2, 0.25) is 0 Å². The molecule has 0 aliphatic carbocycles. The number of hydrogen-bond acceptors (Lipinski definition) is 2. The standard InChI is InChI=1S/C18H20BrNO/c1-3-12-4-6-13(7-5-12)18-11-16(20-2)15-10-14(19)8-9-17(15)21-18/h4-10,16,18,20H,3,11H2,1-2H3. The summed E-state index contributed by atoms with van der Waals surface area (Å²) in [6.07, 6.45) is 2.13. The van der Waals surface area contributed by atoms with Gasteiger partial charge in [-0.1, -0.05) is 47.1 Å². The van der Waals surface area contributed by atoms with Crippen molar-refractivity contribution in [1.29, 1.82) is 0 Å². The molecule has 0 saturated heterocycles. The van der Waals surface area contributed by atoms with Gasteiger partial charge < -0.3 is 10.1 Å². The first kappa shape index (κ1) is 14.6. The molecule has 0 bridgehead atoms. The summed E-state index contributed by atoms with van der Waals surface area (Å²) in [4.78, 5) is 0. The SMILES string of the molecule is CCc1ccc(C2CC(NC)c3cc(Br)ccc3O2)cc1. The first-order valence-corrected chi connectivity index (χ1v) is 8.22. The Kier molecular flexibility index (Phi) is 4.32. The van der Waals surface area contributed by atoms with Gasteiger partial charge in [0.1, 0.15) is 11.9 Å². The van der Waals surface area contributed by atoms with E-state index in [-0.39, 0.29) is 6.10 Å². The van der Waals surface area contributed by atoms with E-state index < -0.39 is 0 Å². The summed E-state index contributed by atoms with van der Waals surface area (Å²) in [5.41, 5.74) is 3.85. The molecule has 0 aromatic heterocycles. The van der Waals surface area contributed by atoms with Crippen molar-refractivity contribution < 1.29 is 4.74 Å². The van der Waals surface area contributed by atoms with Crippen LogP contribution in [-0.2, 0) is 6.42 Å². The highest BCUT2D eigenvalue weighted by Crippen LogP contribution is 2.41. The molecule has 2 unspecified atom stereocenters. The van der Waals surface area contributed by atoms with Gasteiger partial charge in [0.15, 0.2) is 0 Å². The molecule has 110 valence electrons. The average molecular weight is 346 g/mol. The van der Waals surface area contributed by atoms with Crippen molar-refractivity contribution in [2.45, 2.75) is 31.9 Å². The third kappa shape index (κ3) is 2.99. The van der Waals surface area contributed by atoms with Gasteiger partial charge in [0.25, 0.3) is 0 Å². The summed E-state index contributed by atoms with van der Waals surface area (Å²) in [6.45, 7) is 2.18. The molecule has 1 N–H and O–H groups in total. The van der Waals surface area contributed by atoms with Crippen molar-refractivity contribution in [2.24, 2.45) is 0 Å². The number of nitrogens with one attached hydrogen (secondary N) is 1. The smallest absolute Gasteiger partial charge is 0.126 e. The summed E-state index contributed by atoms with van der Waals surface area (Å²) in [5.74, 6) is 0.980. The van der Waals surface area contributed by atoms with Gasteiger partial charge in [0, 0.05) is 22.5 Å². The minimum absolute atomic E-state index is 0.113. The Balaban J connectivity index is 1.90. The molecule has 0 spiro atoms. The summed E-state index contributed by atoms with van der Waals surface area (Å²) in [5, 5.41) is 3.41. The van der Waals surface area contributed by atoms with Crippen LogP contribution in [0.1, 0.15) is 42.2 Å². The summed E-state index contributed by atoms with van der Waals surface area (Å²) < 4.78 is 7.31. The van der Waals surface area contributed by atoms with Crippen molar-refractivity contribution in [3.05, 3.63) is 63.6 Å². The molecule has 1 aliphatic heterocycles. The van der Waals surface area contributed by atoms with Gasteiger partial charge in [-0.05, 0) is 42.8 Å². The fourth-order valence-electron chi connectivity index (χ4n) is 2.89. The molecule has 3 rings (SSSR count). The Morgan fingerprint density at radius 1 is 1.19 bits per heavy atom. The van der Waals surface area contributed by atoms with Crippen LogP contribution in [0.3, 0.4) is 0 Å². The van der Waals surface area contributed by atoms with Crippen molar-refractivity contribution in [1.82, 2.24) is 5.32 Å². The Hall–Kier alpha value is -1.32. The largest absolute Gasteiger partial charge is 0.485 e. The van der Waals surface area contributed by atoms with Crippen LogP contribution in [0.4, 0.5) is 0 Å². The van der Waals surface area contributed by atoms with Crippen LogP contribution in [-0.4, -0.2) is 7.05 Å². The number of benzene rings is 2. The Bertz CT molecular complexity index is 624. The third-order valence-electron chi connectivity index (χ3n) is 4.17. The lowest BCUT2D eigenvalue weighted by atomic mass is 9.92. The lowest BCUT2D eigenvalue weighted by Gasteiger charge is -2.32. The molecule has 2 aromatic rings. The van der Waals surface area contributed by atoms with E-state index in [1.54, 1.807) is 0 Å². The molecule has 2 atom stereocenters. The van der Waals surface area contributed by atoms with Gasteiger partial charge in [-0.3, -0.25) is 0 Å². The highest BCUT2D eigenvalue weighted by atomic mass is 79.9. The first-order valence-electron chi connectivity index (χ1n) is 7.43. The van der Waals surface area contributed by atoms with Gasteiger partial charge in [0.05, 0.1) is 0 Å². The summed E-state index contributed by atoms with van der Waals surface area (Å²) >= 11 is 3.54. The molecule has 2 aromatic carbocycles. The van der Waals surface area contributed by atoms with Crippen LogP contribution < -0.4 is 10.1 Å². The molecule has 3 heteroatoms. The molecule has 0 fully saturated rings. The third-order valence-corrected chi connectivity index (χ3v) is 4.67. The van der Waals surface area contributed by atoms with E-state index in [4.69, 9.17) is 4.74 Å². The van der Waals surface area contributed by atoms with Crippen LogP contribution in [0.15, 0.2) is 46.9 Å². The maximum Gasteiger partial charge on any atom is 0.126 e. The lowest BCUT2D eigenvalue weighted by molar-refractivity contribution is 0.154. The quantitative estimate of drug-likeness (QED) is 0.862. The topological polar surface area (TPSA) is 21.3 Å². The number of hydrogen-bond donors (Lipinski definition) is 1. The predicted octanol–water partition coefficient (Wildman–Crippen LogP) is 4.80. The normalized spacial score (nSPS) is 20.7. The summed E-state index contributed by atoms with van der Waals surface area (Å²) in [6, 6.07) is 15.3. The maximum atomic E-state index is 6.22. The first-order chi connectivity index (χ1) is 10.2. The van der Waals surface area contributed by atoms with Crippen molar-refractivity contribution in [3.63, 3.8) is 0 Å². The van der Waals surface area contributed by atoms with Crippen LogP contribution >= 0.6 is 15.9 Å². The highest BCUT2D eigenvalue weighted by molar-refractivity contribution is 9.10. The van der Waals surface area contributed by atoms with E-state index >= 15 is 0 Å². The predicted molar refractivity (Wildman–Crippen MR) is 89.7 cm³/mol. The number of fused-ring (bicyclic) bond motifs is 1. The molecule has 21 heavy (non-hydrogen) atoms. The fraction of sp³-hybridized carbons (Fsp3) is 0.333. The molecule has 0 radical (unpaired) electrons. The second kappa shape index (κ2) is 6.20. The number of ether oxygens (including phenoxy) is 1. The maximum absolute atomic E-state index is 6.22. The Morgan fingerprint density at radius 3 is 2.62 bits per heavy atom. The van der Waals surface area contributed by atoms with E-state index in [1.165, 1.54) is 16.7 Å². The van der Waals surface area contributed by atoms with Crippen molar-refractivity contribution in [3.8, 4) is 5.75 Å². The number of halogens is 1. The molecule has 1 heterocycles. The van der Waals surface area contributed by atoms with Gasteiger partial charge in [0.2, 0.25) is 0 Å². The van der Waals surface area contributed by atoms with Gasteiger partial charge in [-0.15, -0.1) is 0 Å². The fourth-order valence-corrected chi connectivity index (χ4v) is 3.27. The van der Waals surface area contributed by atoms with E-state index in [1.807, 2.05) is 13.1 Å². The van der Waals surface area contributed by atoms with E-state index in [9.17, 15) is 0 Å². The summed E-state index contributed by atoms with van der Waals surface area (Å²) in [7, 11) is 2.01. The zero-order valence-corrected chi connectivity index (χ0v) is 14.0.